The standard InChI is InChI=1S/C42H40FN9O5/c43-32-16-23(6-13-33(32)52-39-36(38(44)45-22-46-39)37(48-52)24-7-10-29(11-8-24)57-28-4-2-1-3-5-28)19-49-20-26-17-27(21-49)50(26)25-9-12-30-31(18-25)42(56)51(41(30)55)34-14-15-35(53)47-40(34)54/h1-5,7-12,18,22-23,26-27,32-34H,6,13-17,19-21H2,(H2,44,45,46)(H,47,53,54). The van der Waals surface area contributed by atoms with Gasteiger partial charge in [0.1, 0.15) is 41.6 Å². The third kappa shape index (κ3) is 6.07. The third-order valence-electron chi connectivity index (χ3n) is 12.3. The molecule has 5 fully saturated rings. The molecule has 1 saturated carbocycles. The van der Waals surface area contributed by atoms with Gasteiger partial charge < -0.3 is 15.4 Å². The molecule has 15 heteroatoms. The number of carbonyl (C=O) groups excluding carboxylic acids is 4. The van der Waals surface area contributed by atoms with Crippen LogP contribution in [0.25, 0.3) is 22.3 Å². The van der Waals surface area contributed by atoms with Crippen LogP contribution in [0.1, 0.15) is 65.3 Å². The van der Waals surface area contributed by atoms with Gasteiger partial charge in [0.15, 0.2) is 5.65 Å². The summed E-state index contributed by atoms with van der Waals surface area (Å²) in [6, 6.07) is 21.4. The first kappa shape index (κ1) is 35.2. The number of carbonyl (C=O) groups is 4. The molecule has 3 aromatic carbocycles. The number of nitrogens with one attached hydrogen (secondary N) is 1. The van der Waals surface area contributed by atoms with Crippen molar-refractivity contribution >= 4 is 46.2 Å². The van der Waals surface area contributed by atoms with Gasteiger partial charge >= 0.3 is 0 Å². The largest absolute Gasteiger partial charge is 0.457 e. The van der Waals surface area contributed by atoms with Crippen molar-refractivity contribution in [3.63, 3.8) is 0 Å². The van der Waals surface area contributed by atoms with E-state index in [0.717, 1.165) is 54.4 Å². The summed E-state index contributed by atoms with van der Waals surface area (Å²) >= 11 is 0. The number of halogens is 1. The molecule has 5 aromatic rings. The maximum atomic E-state index is 16.3. The number of nitrogen functional groups attached to an aromatic ring is 1. The van der Waals surface area contributed by atoms with Crippen LogP contribution in [-0.2, 0) is 9.59 Å². The summed E-state index contributed by atoms with van der Waals surface area (Å²) in [4.78, 5) is 65.3. The van der Waals surface area contributed by atoms with Crippen molar-refractivity contribution in [2.75, 3.05) is 30.3 Å². The van der Waals surface area contributed by atoms with Gasteiger partial charge in [-0.3, -0.25) is 34.3 Å². The Morgan fingerprint density at radius 3 is 2.35 bits per heavy atom. The normalized spacial score (nSPS) is 26.1. The predicted octanol–water partition coefficient (Wildman–Crippen LogP) is 4.91. The van der Waals surface area contributed by atoms with E-state index in [2.05, 4.69) is 25.1 Å². The van der Waals surface area contributed by atoms with Gasteiger partial charge in [0.25, 0.3) is 11.8 Å². The Balaban J connectivity index is 0.789. The summed E-state index contributed by atoms with van der Waals surface area (Å²) in [5.74, 6) is -0.155. The smallest absolute Gasteiger partial charge is 0.262 e. The Hall–Kier alpha value is -6.22. The molecule has 290 valence electrons. The molecule has 6 atom stereocenters. The van der Waals surface area contributed by atoms with E-state index in [1.807, 2.05) is 60.7 Å². The van der Waals surface area contributed by atoms with E-state index in [1.54, 1.807) is 16.8 Å². The van der Waals surface area contributed by atoms with Crippen LogP contribution in [0, 0.1) is 5.92 Å². The number of fused-ring (bicyclic) bond motifs is 4. The van der Waals surface area contributed by atoms with Crippen LogP contribution in [0.5, 0.6) is 11.5 Å². The average molecular weight is 770 g/mol. The number of benzene rings is 3. The van der Waals surface area contributed by atoms with Crippen LogP contribution in [0.15, 0.2) is 79.1 Å². The van der Waals surface area contributed by atoms with E-state index in [0.29, 0.717) is 41.1 Å². The fourth-order valence-corrected chi connectivity index (χ4v) is 9.61. The molecule has 1 aliphatic carbocycles. The Morgan fingerprint density at radius 2 is 1.60 bits per heavy atom. The van der Waals surface area contributed by atoms with Crippen molar-refractivity contribution in [3.05, 3.63) is 90.3 Å². The lowest BCUT2D eigenvalue weighted by Gasteiger charge is -2.58. The monoisotopic (exact) mass is 769 g/mol. The van der Waals surface area contributed by atoms with Crippen molar-refractivity contribution in [1.29, 1.82) is 0 Å². The molecule has 0 spiro atoms. The number of nitrogens with two attached hydrogens (primary N) is 1. The molecule has 5 aliphatic heterocycles. The maximum Gasteiger partial charge on any atom is 0.262 e. The van der Waals surface area contributed by atoms with Crippen LogP contribution in [0.4, 0.5) is 15.9 Å². The van der Waals surface area contributed by atoms with Crippen LogP contribution in [0.2, 0.25) is 0 Å². The van der Waals surface area contributed by atoms with Crippen LogP contribution >= 0.6 is 0 Å². The minimum absolute atomic E-state index is 0.0754. The Bertz CT molecular complexity index is 2430. The number of amides is 4. The molecular weight excluding hydrogens is 730 g/mol. The number of imide groups is 2. The van der Waals surface area contributed by atoms with Crippen molar-refractivity contribution < 1.29 is 28.3 Å². The molecule has 2 bridgehead atoms. The van der Waals surface area contributed by atoms with Gasteiger partial charge in [-0.15, -0.1) is 0 Å². The van der Waals surface area contributed by atoms with E-state index in [9.17, 15) is 19.2 Å². The number of aromatic nitrogens is 4. The van der Waals surface area contributed by atoms with Gasteiger partial charge in [-0.25, -0.2) is 19.0 Å². The molecule has 7 heterocycles. The van der Waals surface area contributed by atoms with E-state index < -0.39 is 41.9 Å². The summed E-state index contributed by atoms with van der Waals surface area (Å²) in [5, 5.41) is 7.78. The lowest BCUT2D eigenvalue weighted by Crippen LogP contribution is -2.69. The van der Waals surface area contributed by atoms with Gasteiger partial charge in [-0.1, -0.05) is 18.2 Å². The van der Waals surface area contributed by atoms with E-state index in [4.69, 9.17) is 15.6 Å². The number of para-hydroxylation sites is 1. The summed E-state index contributed by atoms with van der Waals surface area (Å²) in [6.07, 6.45) is 3.35. The molecule has 2 aromatic heterocycles. The van der Waals surface area contributed by atoms with Crippen molar-refractivity contribution in [2.24, 2.45) is 5.92 Å². The highest BCUT2D eigenvalue weighted by molar-refractivity contribution is 6.23. The van der Waals surface area contributed by atoms with E-state index in [-0.39, 0.29) is 42.0 Å². The number of anilines is 2. The fourth-order valence-electron chi connectivity index (χ4n) is 9.61. The Kier molecular flexibility index (Phi) is 8.50. The molecule has 4 amide bonds. The number of hydrogen-bond acceptors (Lipinski definition) is 11. The Labute approximate surface area is 326 Å². The quantitative estimate of drug-likeness (QED) is 0.206. The minimum Gasteiger partial charge on any atom is -0.457 e. The first-order valence-electron chi connectivity index (χ1n) is 19.5. The second-order valence-electron chi connectivity index (χ2n) is 15.8. The number of piperazine rings is 1. The summed E-state index contributed by atoms with van der Waals surface area (Å²) in [6.45, 7) is 2.43. The topological polar surface area (TPSA) is 169 Å². The van der Waals surface area contributed by atoms with Gasteiger partial charge in [0.05, 0.1) is 22.6 Å². The number of rotatable bonds is 8. The number of nitrogens with zero attached hydrogens (tertiary/aromatic N) is 7. The first-order valence-corrected chi connectivity index (χ1v) is 19.5. The minimum atomic E-state index is -1.13. The highest BCUT2D eigenvalue weighted by atomic mass is 19.1. The van der Waals surface area contributed by atoms with Crippen LogP contribution in [0.3, 0.4) is 0 Å². The molecular formula is C42H40FN9O5. The highest BCUT2D eigenvalue weighted by Gasteiger charge is 2.48. The van der Waals surface area contributed by atoms with Gasteiger partial charge in [-0.05, 0) is 92.6 Å². The van der Waals surface area contributed by atoms with Crippen LogP contribution in [-0.4, -0.2) is 97.1 Å². The highest BCUT2D eigenvalue weighted by Crippen LogP contribution is 2.43. The average Bonchev–Trinajstić information content (AvgIpc) is 3.70. The van der Waals surface area contributed by atoms with Crippen LogP contribution < -0.4 is 20.7 Å². The summed E-state index contributed by atoms with van der Waals surface area (Å²) < 4.78 is 24.0. The number of piperidine rings is 2. The molecule has 3 N–H and O–H groups in total. The second-order valence-corrected chi connectivity index (χ2v) is 15.8. The molecule has 0 radical (unpaired) electrons. The first-order chi connectivity index (χ1) is 27.7. The molecule has 6 unspecified atom stereocenters. The second kappa shape index (κ2) is 13.8. The maximum absolute atomic E-state index is 16.3. The van der Waals surface area contributed by atoms with Crippen molar-refractivity contribution in [1.82, 2.24) is 34.9 Å². The number of ether oxygens (including phenoxy) is 1. The van der Waals surface area contributed by atoms with E-state index in [1.165, 1.54) is 6.33 Å². The number of hydrogen-bond donors (Lipinski definition) is 2. The lowest BCUT2D eigenvalue weighted by molar-refractivity contribution is -0.136. The number of alkyl halides is 1. The molecule has 11 rings (SSSR count). The van der Waals surface area contributed by atoms with Gasteiger partial charge in [-0.2, -0.15) is 5.10 Å². The zero-order valence-electron chi connectivity index (χ0n) is 31.0. The third-order valence-corrected chi connectivity index (χ3v) is 12.3. The van der Waals surface area contributed by atoms with Crippen molar-refractivity contribution in [3.8, 4) is 22.8 Å². The molecule has 57 heavy (non-hydrogen) atoms. The predicted molar refractivity (Wildman–Crippen MR) is 207 cm³/mol. The lowest BCUT2D eigenvalue weighted by atomic mass is 9.82. The molecule has 14 nitrogen and oxygen atoms in total. The van der Waals surface area contributed by atoms with E-state index >= 15 is 4.39 Å². The molecule has 6 aliphatic rings. The zero-order chi connectivity index (χ0) is 38.9. The fraction of sp³-hybridized carbons (Fsp3) is 0.357. The van der Waals surface area contributed by atoms with Gasteiger partial charge in [0.2, 0.25) is 11.8 Å². The summed E-state index contributed by atoms with van der Waals surface area (Å²) in [5.41, 5.74) is 9.74. The van der Waals surface area contributed by atoms with Crippen molar-refractivity contribution in [2.45, 2.75) is 68.9 Å². The summed E-state index contributed by atoms with van der Waals surface area (Å²) in [7, 11) is 0. The Morgan fingerprint density at radius 1 is 0.842 bits per heavy atom. The zero-order valence-corrected chi connectivity index (χ0v) is 31.0. The van der Waals surface area contributed by atoms with Gasteiger partial charge in [0, 0.05) is 49.4 Å². The molecule has 4 saturated heterocycles. The SMILES string of the molecule is Nc1ncnc2c1c(-c1ccc(Oc3ccccc3)cc1)nn2C1CCC(CN2CC3CC(C2)N3c2ccc3c(c2)C(=O)N(C2CCC(=O)NC2=O)C3=O)CC1F.